The quantitative estimate of drug-likeness (QED) is 0.0478. The van der Waals surface area contributed by atoms with Gasteiger partial charge >= 0.3 is 5.97 Å². The maximum atomic E-state index is 13.0. The van der Waals surface area contributed by atoms with Crippen molar-refractivity contribution in [3.05, 3.63) is 86.3 Å². The first kappa shape index (κ1) is 37.8. The van der Waals surface area contributed by atoms with Gasteiger partial charge in [-0.25, -0.2) is 4.79 Å². The van der Waals surface area contributed by atoms with Crippen molar-refractivity contribution >= 4 is 102 Å². The van der Waals surface area contributed by atoms with Crippen LogP contribution >= 0.6 is 46.3 Å². The van der Waals surface area contributed by atoms with Gasteiger partial charge in [-0.3, -0.25) is 14.1 Å². The van der Waals surface area contributed by atoms with Gasteiger partial charge in [0.2, 0.25) is 5.52 Å². The number of ketones is 1. The van der Waals surface area contributed by atoms with E-state index in [-0.39, 0.29) is 30.9 Å². The zero-order chi connectivity index (χ0) is 36.0. The van der Waals surface area contributed by atoms with E-state index < -0.39 is 22.1 Å². The summed E-state index contributed by atoms with van der Waals surface area (Å²) in [6.45, 7) is 2.78. The fourth-order valence-corrected chi connectivity index (χ4v) is 8.83. The van der Waals surface area contributed by atoms with Crippen LogP contribution in [0.25, 0.3) is 16.3 Å². The van der Waals surface area contributed by atoms with Crippen LogP contribution in [0.4, 0.5) is 11.4 Å². The number of carbonyl (C=O) groups is 3. The average Bonchev–Trinajstić information content (AvgIpc) is 3.58. The van der Waals surface area contributed by atoms with Gasteiger partial charge < -0.3 is 14.9 Å². The van der Waals surface area contributed by atoms with E-state index in [1.807, 2.05) is 41.0 Å². The summed E-state index contributed by atoms with van der Waals surface area (Å²) in [6.07, 6.45) is 4.86. The fourth-order valence-electron chi connectivity index (χ4n) is 5.72. The number of carboxylic acids is 1. The summed E-state index contributed by atoms with van der Waals surface area (Å²) in [5, 5.41) is 12.7. The number of anilines is 2. The standard InChI is InChI=1S/C35H35Cl2N3O7S3/c1-23(35(43)44)38(27-10-6-24(22-41)7-11-27)17-14-28(42)5-2-3-15-39-29-19-25(36)8-12-31(29)48-33(39)21-34-40(16-4-18-50(45,46)47)30-20-26(37)9-13-32(30)49-34/h6-13,19-23H,2-5,14-18H2,1H3,(H-,43,44,45,46,47)/p+1. The van der Waals surface area contributed by atoms with Crippen molar-refractivity contribution in [2.75, 3.05) is 28.6 Å². The van der Waals surface area contributed by atoms with Crippen LogP contribution in [0.15, 0.2) is 70.6 Å². The molecule has 2 N–H and O–H groups in total. The van der Waals surface area contributed by atoms with Gasteiger partial charge in [0.05, 0.1) is 22.5 Å². The van der Waals surface area contributed by atoms with Crippen molar-refractivity contribution in [2.45, 2.75) is 56.5 Å². The minimum atomic E-state index is -4.11. The molecular formula is C35H36Cl2N3O7S3+. The summed E-state index contributed by atoms with van der Waals surface area (Å²) < 4.78 is 35.2. The third-order valence-corrected chi connectivity index (χ3v) is 11.8. The first-order chi connectivity index (χ1) is 23.8. The molecule has 0 radical (unpaired) electrons. The minimum Gasteiger partial charge on any atom is -0.480 e. The highest BCUT2D eigenvalue weighted by Crippen LogP contribution is 2.48. The number of unbranched alkanes of at least 4 members (excludes halogenated alkanes) is 1. The maximum Gasteiger partial charge on any atom is 0.326 e. The molecule has 1 unspecified atom stereocenters. The van der Waals surface area contributed by atoms with Crippen LogP contribution in [0.2, 0.25) is 10.0 Å². The van der Waals surface area contributed by atoms with Crippen molar-refractivity contribution < 1.29 is 37.0 Å². The molecule has 3 aromatic carbocycles. The van der Waals surface area contributed by atoms with Crippen LogP contribution in [-0.2, 0) is 26.3 Å². The number of aliphatic carboxylic acids is 1. The summed E-state index contributed by atoms with van der Waals surface area (Å²) in [5.74, 6) is -1.34. The minimum absolute atomic E-state index is 0.0296. The molecule has 0 aliphatic carbocycles. The summed E-state index contributed by atoms with van der Waals surface area (Å²) in [6, 6.07) is 17.1. The predicted octanol–water partition coefficient (Wildman–Crippen LogP) is 7.61. The Hall–Kier alpha value is -3.46. The lowest BCUT2D eigenvalue weighted by atomic mass is 10.1. The van der Waals surface area contributed by atoms with Crippen LogP contribution in [0, 0.1) is 0 Å². The van der Waals surface area contributed by atoms with Gasteiger partial charge in [-0.1, -0.05) is 46.3 Å². The van der Waals surface area contributed by atoms with Gasteiger partial charge in [-0.15, -0.1) is 0 Å². The predicted molar refractivity (Wildman–Crippen MR) is 200 cm³/mol. The van der Waals surface area contributed by atoms with Crippen molar-refractivity contribution in [2.24, 2.45) is 0 Å². The van der Waals surface area contributed by atoms with E-state index in [4.69, 9.17) is 23.2 Å². The largest absolute Gasteiger partial charge is 0.480 e. The SMILES string of the molecule is CC(C(=O)O)N(CCC(=O)CCCCN1C(=Cc2sc3ccc(Cl)cc3[n+]2CCCS(=O)(=O)O)Sc2ccc(Cl)cc21)c1ccc(C=O)cc1. The number of carboxylic acid groups (broad SMARTS) is 1. The van der Waals surface area contributed by atoms with Gasteiger partial charge in [-0.05, 0) is 74.4 Å². The number of rotatable bonds is 17. The van der Waals surface area contributed by atoms with Gasteiger partial charge in [0.25, 0.3) is 15.1 Å². The smallest absolute Gasteiger partial charge is 0.326 e. The molecule has 0 fully saturated rings. The Morgan fingerprint density at radius 3 is 2.42 bits per heavy atom. The normalized spacial score (nSPS) is 14.2. The molecule has 264 valence electrons. The highest BCUT2D eigenvalue weighted by molar-refractivity contribution is 8.03. The van der Waals surface area contributed by atoms with Crippen LogP contribution in [0.1, 0.15) is 54.4 Å². The molecule has 0 spiro atoms. The number of thiazole rings is 1. The van der Waals surface area contributed by atoms with E-state index in [0.29, 0.717) is 53.6 Å². The Labute approximate surface area is 309 Å². The molecule has 15 heteroatoms. The number of nitrogens with zero attached hydrogens (tertiary/aromatic N) is 3. The molecule has 1 aliphatic heterocycles. The summed E-state index contributed by atoms with van der Waals surface area (Å²) in [4.78, 5) is 40.7. The number of aryl methyl sites for hydroxylation is 1. The molecule has 0 saturated heterocycles. The zero-order valence-corrected chi connectivity index (χ0v) is 31.1. The Morgan fingerprint density at radius 2 is 1.72 bits per heavy atom. The monoisotopic (exact) mass is 776 g/mol. The van der Waals surface area contributed by atoms with Gasteiger partial charge in [0.15, 0.2) is 6.54 Å². The number of aromatic nitrogens is 1. The highest BCUT2D eigenvalue weighted by Gasteiger charge is 2.29. The number of fused-ring (bicyclic) bond motifs is 2. The summed E-state index contributed by atoms with van der Waals surface area (Å²) >= 11 is 15.9. The molecule has 4 aromatic rings. The van der Waals surface area contributed by atoms with E-state index in [1.54, 1.807) is 59.2 Å². The van der Waals surface area contributed by atoms with Gasteiger partial charge in [0, 0.05) is 64.6 Å². The Bertz CT molecular complexity index is 2030. The van der Waals surface area contributed by atoms with Gasteiger partial charge in [-0.2, -0.15) is 13.0 Å². The van der Waals surface area contributed by atoms with Crippen molar-refractivity contribution in [1.29, 1.82) is 0 Å². The topological polar surface area (TPSA) is 136 Å². The fraction of sp³-hybridized carbons (Fsp3) is 0.314. The molecule has 10 nitrogen and oxygen atoms in total. The molecule has 1 aromatic heterocycles. The van der Waals surface area contributed by atoms with E-state index in [2.05, 4.69) is 11.0 Å². The second kappa shape index (κ2) is 16.7. The molecule has 0 bridgehead atoms. The molecule has 0 saturated carbocycles. The second-order valence-corrected chi connectivity index (χ2v) is 16.4. The van der Waals surface area contributed by atoms with E-state index in [0.717, 1.165) is 37.1 Å². The van der Waals surface area contributed by atoms with Crippen LogP contribution in [-0.4, -0.2) is 61.0 Å². The zero-order valence-electron chi connectivity index (χ0n) is 27.1. The molecule has 2 heterocycles. The third-order valence-electron chi connectivity index (χ3n) is 8.32. The second-order valence-electron chi connectivity index (χ2n) is 11.9. The average molecular weight is 778 g/mol. The molecule has 1 atom stereocenters. The first-order valence-corrected chi connectivity index (χ1v) is 19.9. The Balaban J connectivity index is 1.28. The van der Waals surface area contributed by atoms with E-state index >= 15 is 0 Å². The number of benzene rings is 3. The molecular weight excluding hydrogens is 742 g/mol. The third kappa shape index (κ3) is 9.65. The number of hydrogen-bond donors (Lipinski definition) is 2. The maximum absolute atomic E-state index is 13.0. The number of thioether (sulfide) groups is 1. The number of halogens is 2. The lowest BCUT2D eigenvalue weighted by Crippen LogP contribution is -2.40. The molecule has 5 rings (SSSR count). The number of aldehydes is 1. The summed E-state index contributed by atoms with van der Waals surface area (Å²) in [5.41, 5.74) is 2.94. The first-order valence-electron chi connectivity index (χ1n) is 15.9. The number of Topliss-reactive ketones (excluding diaryl/α,β-unsaturated/α-hetero) is 1. The van der Waals surface area contributed by atoms with Crippen LogP contribution in [0.3, 0.4) is 0 Å². The van der Waals surface area contributed by atoms with Gasteiger partial charge in [0.1, 0.15) is 22.8 Å². The number of hydrogen-bond acceptors (Lipinski definition) is 9. The Morgan fingerprint density at radius 1 is 1.00 bits per heavy atom. The van der Waals surface area contributed by atoms with Crippen molar-refractivity contribution in [1.82, 2.24) is 0 Å². The molecule has 50 heavy (non-hydrogen) atoms. The number of carbonyl (C=O) groups excluding carboxylic acids is 2. The lowest BCUT2D eigenvalue weighted by Gasteiger charge is -2.28. The van der Waals surface area contributed by atoms with Crippen molar-refractivity contribution in [3.63, 3.8) is 0 Å². The summed E-state index contributed by atoms with van der Waals surface area (Å²) in [7, 11) is -4.11. The molecule has 0 amide bonds. The van der Waals surface area contributed by atoms with E-state index in [1.165, 1.54) is 0 Å². The van der Waals surface area contributed by atoms with Crippen LogP contribution in [0.5, 0.6) is 0 Å². The lowest BCUT2D eigenvalue weighted by molar-refractivity contribution is -0.668. The van der Waals surface area contributed by atoms with Crippen LogP contribution < -0.4 is 14.4 Å². The van der Waals surface area contributed by atoms with Crippen molar-refractivity contribution in [3.8, 4) is 0 Å². The Kier molecular flexibility index (Phi) is 12.6. The van der Waals surface area contributed by atoms with E-state index in [9.17, 15) is 32.5 Å². The molecule has 1 aliphatic rings. The highest BCUT2D eigenvalue weighted by atomic mass is 35.5.